The predicted molar refractivity (Wildman–Crippen MR) is 68.0 cm³/mol. The van der Waals surface area contributed by atoms with Crippen LogP contribution in [0.5, 0.6) is 0 Å². The van der Waals surface area contributed by atoms with Gasteiger partial charge >= 0.3 is 0 Å². The first-order valence-corrected chi connectivity index (χ1v) is 6.75. The Bertz CT molecular complexity index is 366. The van der Waals surface area contributed by atoms with E-state index in [0.717, 1.165) is 18.1 Å². The van der Waals surface area contributed by atoms with Gasteiger partial charge in [0.2, 0.25) is 0 Å². The van der Waals surface area contributed by atoms with E-state index >= 15 is 0 Å². The van der Waals surface area contributed by atoms with Crippen LogP contribution in [0, 0.1) is 18.3 Å². The van der Waals surface area contributed by atoms with Crippen LogP contribution in [-0.4, -0.2) is 22.8 Å². The molecule has 0 radical (unpaired) electrons. The standard InChI is InChI=1S/C12H19N3S/c1-9-11(16-8-14-9)7-15(2)12(13)10-5-3-4-6-10/h8,10,13H,3-7H2,1-2H3. The molecule has 0 aliphatic heterocycles. The molecule has 0 aromatic carbocycles. The van der Waals surface area contributed by atoms with Gasteiger partial charge < -0.3 is 4.90 Å². The fourth-order valence-electron chi connectivity index (χ4n) is 2.29. The van der Waals surface area contributed by atoms with E-state index in [2.05, 4.69) is 9.88 Å². The Morgan fingerprint density at radius 2 is 2.25 bits per heavy atom. The number of aryl methyl sites for hydroxylation is 1. The van der Waals surface area contributed by atoms with E-state index in [1.165, 1.54) is 30.6 Å². The summed E-state index contributed by atoms with van der Waals surface area (Å²) in [6, 6.07) is 0. The summed E-state index contributed by atoms with van der Waals surface area (Å²) in [5.74, 6) is 1.31. The van der Waals surface area contributed by atoms with Crippen molar-refractivity contribution < 1.29 is 0 Å². The number of hydrogen-bond donors (Lipinski definition) is 1. The van der Waals surface area contributed by atoms with Crippen LogP contribution in [0.4, 0.5) is 0 Å². The molecule has 0 atom stereocenters. The number of hydrogen-bond acceptors (Lipinski definition) is 3. The lowest BCUT2D eigenvalue weighted by Gasteiger charge is -2.23. The van der Waals surface area contributed by atoms with Crippen molar-refractivity contribution in [2.24, 2.45) is 5.92 Å². The maximum atomic E-state index is 8.17. The molecule has 0 amide bonds. The second-order valence-electron chi connectivity index (χ2n) is 4.58. The molecule has 1 aliphatic carbocycles. The van der Waals surface area contributed by atoms with Gasteiger partial charge in [0.15, 0.2) is 0 Å². The van der Waals surface area contributed by atoms with Crippen LogP contribution >= 0.6 is 11.3 Å². The average molecular weight is 237 g/mol. The van der Waals surface area contributed by atoms with Crippen molar-refractivity contribution in [1.82, 2.24) is 9.88 Å². The molecule has 1 N–H and O–H groups in total. The van der Waals surface area contributed by atoms with Crippen LogP contribution in [0.3, 0.4) is 0 Å². The second-order valence-corrected chi connectivity index (χ2v) is 5.52. The van der Waals surface area contributed by atoms with Crippen molar-refractivity contribution in [3.8, 4) is 0 Å². The highest BCUT2D eigenvalue weighted by atomic mass is 32.1. The van der Waals surface area contributed by atoms with E-state index in [0.29, 0.717) is 5.92 Å². The molecule has 1 fully saturated rings. The lowest BCUT2D eigenvalue weighted by atomic mass is 10.1. The highest BCUT2D eigenvalue weighted by Crippen LogP contribution is 2.27. The maximum absolute atomic E-state index is 8.17. The third-order valence-corrected chi connectivity index (χ3v) is 4.30. The van der Waals surface area contributed by atoms with Gasteiger partial charge in [-0.15, -0.1) is 11.3 Å². The molecule has 1 aromatic rings. The summed E-state index contributed by atoms with van der Waals surface area (Å²) in [7, 11) is 2.03. The van der Waals surface area contributed by atoms with Crippen molar-refractivity contribution in [1.29, 1.82) is 5.41 Å². The first-order valence-electron chi connectivity index (χ1n) is 5.87. The monoisotopic (exact) mass is 237 g/mol. The summed E-state index contributed by atoms with van der Waals surface area (Å²) >= 11 is 1.69. The Morgan fingerprint density at radius 3 is 2.81 bits per heavy atom. The Kier molecular flexibility index (Phi) is 3.59. The quantitative estimate of drug-likeness (QED) is 0.648. The Morgan fingerprint density at radius 1 is 1.56 bits per heavy atom. The number of nitrogens with one attached hydrogen (secondary N) is 1. The maximum Gasteiger partial charge on any atom is 0.0990 e. The normalized spacial score (nSPS) is 16.6. The van der Waals surface area contributed by atoms with Crippen molar-refractivity contribution in [3.05, 3.63) is 16.1 Å². The Hall–Kier alpha value is -0.900. The SMILES string of the molecule is Cc1ncsc1CN(C)C(=N)C1CCCC1. The third kappa shape index (κ3) is 2.43. The van der Waals surface area contributed by atoms with Gasteiger partial charge in [-0.1, -0.05) is 12.8 Å². The first kappa shape index (κ1) is 11.6. The number of thiazole rings is 1. The van der Waals surface area contributed by atoms with E-state index in [-0.39, 0.29) is 0 Å². The summed E-state index contributed by atoms with van der Waals surface area (Å²) in [6.07, 6.45) is 4.98. The number of amidine groups is 1. The molecule has 0 bridgehead atoms. The van der Waals surface area contributed by atoms with Crippen molar-refractivity contribution in [2.75, 3.05) is 7.05 Å². The summed E-state index contributed by atoms with van der Waals surface area (Å²) in [5.41, 5.74) is 2.99. The minimum atomic E-state index is 0.498. The largest absolute Gasteiger partial charge is 0.358 e. The summed E-state index contributed by atoms with van der Waals surface area (Å²) in [4.78, 5) is 7.61. The van der Waals surface area contributed by atoms with E-state index in [9.17, 15) is 0 Å². The van der Waals surface area contributed by atoms with Crippen molar-refractivity contribution in [3.63, 3.8) is 0 Å². The molecular weight excluding hydrogens is 218 g/mol. The van der Waals surface area contributed by atoms with Gasteiger partial charge in [-0.3, -0.25) is 5.41 Å². The van der Waals surface area contributed by atoms with Crippen molar-refractivity contribution >= 4 is 17.2 Å². The van der Waals surface area contributed by atoms with Gasteiger partial charge in [-0.2, -0.15) is 0 Å². The summed E-state index contributed by atoms with van der Waals surface area (Å²) in [6.45, 7) is 2.88. The van der Waals surface area contributed by atoms with Gasteiger partial charge in [0.1, 0.15) is 0 Å². The zero-order valence-corrected chi connectivity index (χ0v) is 10.8. The molecule has 0 unspecified atom stereocenters. The number of rotatable bonds is 3. The van der Waals surface area contributed by atoms with Crippen LogP contribution in [0.15, 0.2) is 5.51 Å². The first-order chi connectivity index (χ1) is 7.68. The molecule has 3 nitrogen and oxygen atoms in total. The number of nitrogens with zero attached hydrogens (tertiary/aromatic N) is 2. The topological polar surface area (TPSA) is 40.0 Å². The molecule has 2 rings (SSSR count). The van der Waals surface area contributed by atoms with Gasteiger partial charge in [-0.05, 0) is 19.8 Å². The van der Waals surface area contributed by atoms with Gasteiger partial charge in [0.05, 0.1) is 23.6 Å². The Labute approximate surface area is 101 Å². The highest BCUT2D eigenvalue weighted by molar-refractivity contribution is 7.09. The highest BCUT2D eigenvalue weighted by Gasteiger charge is 2.22. The van der Waals surface area contributed by atoms with Crippen LogP contribution in [0.1, 0.15) is 36.3 Å². The fourth-order valence-corrected chi connectivity index (χ4v) is 3.12. The molecule has 1 saturated carbocycles. The summed E-state index contributed by atoms with van der Waals surface area (Å²) in [5, 5.41) is 8.17. The fraction of sp³-hybridized carbons (Fsp3) is 0.667. The molecule has 4 heteroatoms. The minimum absolute atomic E-state index is 0.498. The molecule has 0 saturated heterocycles. The Balaban J connectivity index is 1.94. The molecule has 88 valence electrons. The van der Waals surface area contributed by atoms with Crippen LogP contribution in [0.2, 0.25) is 0 Å². The van der Waals surface area contributed by atoms with Gasteiger partial charge in [0.25, 0.3) is 0 Å². The van der Waals surface area contributed by atoms with Gasteiger partial charge in [0, 0.05) is 17.8 Å². The minimum Gasteiger partial charge on any atom is -0.358 e. The van der Waals surface area contributed by atoms with E-state index in [1.54, 1.807) is 11.3 Å². The molecule has 1 aliphatic rings. The third-order valence-electron chi connectivity index (χ3n) is 3.38. The van der Waals surface area contributed by atoms with E-state index in [4.69, 9.17) is 5.41 Å². The van der Waals surface area contributed by atoms with Crippen LogP contribution < -0.4 is 0 Å². The lowest BCUT2D eigenvalue weighted by molar-refractivity contribution is 0.458. The van der Waals surface area contributed by atoms with E-state index < -0.39 is 0 Å². The molecule has 1 heterocycles. The molecule has 1 aromatic heterocycles. The van der Waals surface area contributed by atoms with Crippen LogP contribution in [0.25, 0.3) is 0 Å². The smallest absolute Gasteiger partial charge is 0.0990 e. The van der Waals surface area contributed by atoms with Crippen molar-refractivity contribution in [2.45, 2.75) is 39.2 Å². The zero-order valence-electron chi connectivity index (χ0n) is 9.99. The molecule has 16 heavy (non-hydrogen) atoms. The second kappa shape index (κ2) is 4.95. The average Bonchev–Trinajstić information content (AvgIpc) is 2.89. The van der Waals surface area contributed by atoms with E-state index in [1.807, 2.05) is 19.5 Å². The predicted octanol–water partition coefficient (Wildman–Crippen LogP) is 3.05. The molecular formula is C12H19N3S. The lowest BCUT2D eigenvalue weighted by Crippen LogP contribution is -2.30. The zero-order chi connectivity index (χ0) is 11.5. The van der Waals surface area contributed by atoms with Crippen LogP contribution in [-0.2, 0) is 6.54 Å². The summed E-state index contributed by atoms with van der Waals surface area (Å²) < 4.78 is 0. The number of aromatic nitrogens is 1. The molecule has 0 spiro atoms. The van der Waals surface area contributed by atoms with Gasteiger partial charge in [-0.25, -0.2) is 4.98 Å².